The quantitative estimate of drug-likeness (QED) is 0.711. The normalized spacial score (nSPS) is 22.6. The van der Waals surface area contributed by atoms with Crippen molar-refractivity contribution in [3.05, 3.63) is 12.3 Å². The molecule has 0 spiro atoms. The Hall–Kier alpha value is -2.59. The van der Waals surface area contributed by atoms with E-state index in [1.165, 1.54) is 12.8 Å². The summed E-state index contributed by atoms with van der Waals surface area (Å²) in [5.41, 5.74) is 0.731. The SMILES string of the molecule is CC1CCCN(c2nccc(-c3nc(N4CCOCC4)nc(N4CCOCC4)n3)n2)C1. The predicted octanol–water partition coefficient (Wildman–Crippen LogP) is 1.24. The van der Waals surface area contributed by atoms with Crippen LogP contribution in [0.4, 0.5) is 17.8 Å². The van der Waals surface area contributed by atoms with Crippen LogP contribution in [0.1, 0.15) is 19.8 Å². The Kier molecular flexibility index (Phi) is 6.08. The van der Waals surface area contributed by atoms with Crippen molar-refractivity contribution in [3.8, 4) is 11.5 Å². The fourth-order valence-electron chi connectivity index (χ4n) is 4.27. The second-order valence-corrected chi connectivity index (χ2v) is 8.39. The molecule has 1 atom stereocenters. The van der Waals surface area contributed by atoms with Crippen molar-refractivity contribution >= 4 is 17.8 Å². The van der Waals surface area contributed by atoms with Crippen LogP contribution in [-0.4, -0.2) is 90.6 Å². The zero-order valence-electron chi connectivity index (χ0n) is 18.1. The molecule has 0 amide bonds. The molecular weight excluding hydrogens is 396 g/mol. The van der Waals surface area contributed by atoms with Crippen molar-refractivity contribution in [2.24, 2.45) is 5.92 Å². The third-order valence-electron chi connectivity index (χ3n) is 6.01. The van der Waals surface area contributed by atoms with E-state index in [0.29, 0.717) is 50.1 Å². The molecule has 5 heterocycles. The van der Waals surface area contributed by atoms with Gasteiger partial charge in [0.05, 0.1) is 26.4 Å². The second-order valence-electron chi connectivity index (χ2n) is 8.39. The molecule has 0 bridgehead atoms. The lowest BCUT2D eigenvalue weighted by atomic mass is 10.0. The van der Waals surface area contributed by atoms with E-state index < -0.39 is 0 Å². The van der Waals surface area contributed by atoms with Gasteiger partial charge in [0.25, 0.3) is 0 Å². The lowest BCUT2D eigenvalue weighted by Gasteiger charge is -2.31. The van der Waals surface area contributed by atoms with Crippen LogP contribution in [0.3, 0.4) is 0 Å². The van der Waals surface area contributed by atoms with Crippen LogP contribution in [0.15, 0.2) is 12.3 Å². The van der Waals surface area contributed by atoms with E-state index in [0.717, 1.165) is 50.9 Å². The maximum Gasteiger partial charge on any atom is 0.230 e. The third kappa shape index (κ3) is 4.69. The van der Waals surface area contributed by atoms with Crippen molar-refractivity contribution in [2.75, 3.05) is 80.4 Å². The van der Waals surface area contributed by atoms with Gasteiger partial charge in [0.1, 0.15) is 5.69 Å². The van der Waals surface area contributed by atoms with Crippen molar-refractivity contribution in [3.63, 3.8) is 0 Å². The van der Waals surface area contributed by atoms with Gasteiger partial charge in [-0.25, -0.2) is 9.97 Å². The maximum atomic E-state index is 5.51. The lowest BCUT2D eigenvalue weighted by molar-refractivity contribution is 0.121. The Morgan fingerprint density at radius 3 is 2.03 bits per heavy atom. The molecule has 31 heavy (non-hydrogen) atoms. The van der Waals surface area contributed by atoms with Crippen LogP contribution < -0.4 is 14.7 Å². The highest BCUT2D eigenvalue weighted by Crippen LogP contribution is 2.24. The number of anilines is 3. The van der Waals surface area contributed by atoms with E-state index >= 15 is 0 Å². The Bertz CT molecular complexity index is 849. The molecule has 0 aromatic carbocycles. The number of hydrogen-bond donors (Lipinski definition) is 0. The number of ether oxygens (including phenoxy) is 2. The molecule has 166 valence electrons. The van der Waals surface area contributed by atoms with Gasteiger partial charge in [-0.05, 0) is 24.8 Å². The summed E-state index contributed by atoms with van der Waals surface area (Å²) in [4.78, 5) is 30.4. The molecule has 10 heteroatoms. The van der Waals surface area contributed by atoms with Crippen LogP contribution >= 0.6 is 0 Å². The first kappa shape index (κ1) is 20.3. The van der Waals surface area contributed by atoms with Gasteiger partial charge >= 0.3 is 0 Å². The van der Waals surface area contributed by atoms with Crippen molar-refractivity contribution in [1.29, 1.82) is 0 Å². The van der Waals surface area contributed by atoms with Crippen LogP contribution in [0.2, 0.25) is 0 Å². The predicted molar refractivity (Wildman–Crippen MR) is 118 cm³/mol. The summed E-state index contributed by atoms with van der Waals surface area (Å²) >= 11 is 0. The average molecular weight is 427 g/mol. The summed E-state index contributed by atoms with van der Waals surface area (Å²) in [7, 11) is 0. The van der Waals surface area contributed by atoms with Gasteiger partial charge in [0, 0.05) is 45.5 Å². The van der Waals surface area contributed by atoms with E-state index in [2.05, 4.69) is 26.6 Å². The van der Waals surface area contributed by atoms with Crippen molar-refractivity contribution in [1.82, 2.24) is 24.9 Å². The first-order valence-corrected chi connectivity index (χ1v) is 11.3. The Morgan fingerprint density at radius 2 is 1.42 bits per heavy atom. The molecule has 0 N–H and O–H groups in total. The topological polar surface area (TPSA) is 92.6 Å². The molecular formula is C21H30N8O2. The van der Waals surface area contributed by atoms with Gasteiger partial charge in [-0.1, -0.05) is 6.92 Å². The summed E-state index contributed by atoms with van der Waals surface area (Å²) in [6.07, 6.45) is 4.24. The number of piperidine rings is 1. The molecule has 3 aliphatic heterocycles. The van der Waals surface area contributed by atoms with E-state index in [9.17, 15) is 0 Å². The molecule has 3 aliphatic rings. The van der Waals surface area contributed by atoms with Gasteiger partial charge in [0.2, 0.25) is 17.8 Å². The molecule has 0 radical (unpaired) electrons. The Labute approximate surface area is 182 Å². The standard InChI is InChI=1S/C21H30N8O2/c1-16-3-2-6-29(15-16)19-22-5-4-17(23-19)18-24-20(27-7-11-30-12-8-27)26-21(25-18)28-9-13-31-14-10-28/h4-5,16H,2-3,6-15H2,1H3. The van der Waals surface area contributed by atoms with E-state index in [1.807, 2.05) is 12.3 Å². The van der Waals surface area contributed by atoms with Crippen LogP contribution in [-0.2, 0) is 9.47 Å². The molecule has 10 nitrogen and oxygen atoms in total. The average Bonchev–Trinajstić information content (AvgIpc) is 2.85. The molecule has 0 aliphatic carbocycles. The molecule has 3 saturated heterocycles. The first-order chi connectivity index (χ1) is 15.3. The summed E-state index contributed by atoms with van der Waals surface area (Å²) in [6, 6.07) is 1.89. The summed E-state index contributed by atoms with van der Waals surface area (Å²) in [5.74, 6) is 3.36. The van der Waals surface area contributed by atoms with Gasteiger partial charge in [-0.15, -0.1) is 0 Å². The largest absolute Gasteiger partial charge is 0.378 e. The number of aromatic nitrogens is 5. The minimum absolute atomic E-state index is 0.590. The van der Waals surface area contributed by atoms with Crippen LogP contribution in [0, 0.1) is 5.92 Å². The smallest absolute Gasteiger partial charge is 0.230 e. The summed E-state index contributed by atoms with van der Waals surface area (Å²) < 4.78 is 11.0. The van der Waals surface area contributed by atoms with Gasteiger partial charge in [-0.2, -0.15) is 15.0 Å². The number of hydrogen-bond acceptors (Lipinski definition) is 10. The fourth-order valence-corrected chi connectivity index (χ4v) is 4.27. The number of nitrogens with zero attached hydrogens (tertiary/aromatic N) is 8. The van der Waals surface area contributed by atoms with Crippen molar-refractivity contribution < 1.29 is 9.47 Å². The van der Waals surface area contributed by atoms with E-state index in [-0.39, 0.29) is 0 Å². The summed E-state index contributed by atoms with van der Waals surface area (Å²) in [6.45, 7) is 10.1. The molecule has 3 fully saturated rings. The minimum Gasteiger partial charge on any atom is -0.378 e. The molecule has 5 rings (SSSR count). The number of rotatable bonds is 4. The zero-order valence-corrected chi connectivity index (χ0v) is 18.1. The highest BCUT2D eigenvalue weighted by atomic mass is 16.5. The van der Waals surface area contributed by atoms with Crippen LogP contribution in [0.5, 0.6) is 0 Å². The van der Waals surface area contributed by atoms with Gasteiger partial charge in [0.15, 0.2) is 5.82 Å². The van der Waals surface area contributed by atoms with E-state index in [4.69, 9.17) is 29.4 Å². The van der Waals surface area contributed by atoms with Gasteiger partial charge < -0.3 is 24.2 Å². The monoisotopic (exact) mass is 426 g/mol. The number of morpholine rings is 2. The maximum absolute atomic E-state index is 5.51. The van der Waals surface area contributed by atoms with Crippen molar-refractivity contribution in [2.45, 2.75) is 19.8 Å². The Balaban J connectivity index is 1.49. The van der Waals surface area contributed by atoms with Gasteiger partial charge in [-0.3, -0.25) is 0 Å². The minimum atomic E-state index is 0.590. The highest BCUT2D eigenvalue weighted by Gasteiger charge is 2.23. The first-order valence-electron chi connectivity index (χ1n) is 11.3. The molecule has 1 unspecified atom stereocenters. The highest BCUT2D eigenvalue weighted by molar-refractivity contribution is 5.56. The molecule has 0 saturated carbocycles. The summed E-state index contributed by atoms with van der Waals surface area (Å²) in [5, 5.41) is 0. The van der Waals surface area contributed by atoms with Crippen LogP contribution in [0.25, 0.3) is 11.5 Å². The van der Waals surface area contributed by atoms with E-state index in [1.54, 1.807) is 0 Å². The lowest BCUT2D eigenvalue weighted by Crippen LogP contribution is -2.40. The Morgan fingerprint density at radius 1 is 0.774 bits per heavy atom. The second kappa shape index (κ2) is 9.27. The third-order valence-corrected chi connectivity index (χ3v) is 6.01. The zero-order chi connectivity index (χ0) is 21.0. The molecule has 2 aromatic rings. The molecule has 2 aromatic heterocycles. The fraction of sp³-hybridized carbons (Fsp3) is 0.667.